The molecule has 1 aromatic rings. The minimum Gasteiger partial charge on any atom is -0.383 e. The van der Waals surface area contributed by atoms with E-state index in [1.165, 1.54) is 21.5 Å². The molecule has 0 unspecified atom stereocenters. The number of nitrogens with zero attached hydrogens (tertiary/aromatic N) is 1. The maximum Gasteiger partial charge on any atom is 0.0701 e. The van der Waals surface area contributed by atoms with E-state index in [4.69, 9.17) is 4.74 Å². The van der Waals surface area contributed by atoms with E-state index in [0.29, 0.717) is 0 Å². The molecule has 0 spiro atoms. The van der Waals surface area contributed by atoms with Crippen molar-refractivity contribution in [3.8, 4) is 0 Å². The van der Waals surface area contributed by atoms with Crippen molar-refractivity contribution in [2.75, 3.05) is 20.3 Å². The lowest BCUT2D eigenvalue weighted by Gasteiger charge is -2.20. The van der Waals surface area contributed by atoms with Crippen LogP contribution in [-0.2, 0) is 11.3 Å². The maximum absolute atomic E-state index is 5.15. The molecule has 0 amide bonds. The van der Waals surface area contributed by atoms with E-state index in [1.807, 2.05) is 11.3 Å². The van der Waals surface area contributed by atoms with Crippen LogP contribution >= 0.6 is 27.3 Å². The average molecular weight is 290 g/mol. The number of thiophene rings is 1. The molecule has 15 heavy (non-hydrogen) atoms. The van der Waals surface area contributed by atoms with Crippen LogP contribution in [0.2, 0.25) is 0 Å². The van der Waals surface area contributed by atoms with Gasteiger partial charge in [-0.3, -0.25) is 4.90 Å². The Balaban J connectivity index is 1.88. The molecule has 0 bridgehead atoms. The van der Waals surface area contributed by atoms with Crippen LogP contribution < -0.4 is 0 Å². The van der Waals surface area contributed by atoms with Gasteiger partial charge in [-0.05, 0) is 40.9 Å². The Kier molecular flexibility index (Phi) is 4.20. The van der Waals surface area contributed by atoms with Gasteiger partial charge in [-0.15, -0.1) is 11.3 Å². The van der Waals surface area contributed by atoms with E-state index in [2.05, 4.69) is 33.0 Å². The van der Waals surface area contributed by atoms with Crippen molar-refractivity contribution in [2.45, 2.75) is 25.4 Å². The molecule has 1 fully saturated rings. The first-order valence-corrected chi connectivity index (χ1v) is 6.88. The van der Waals surface area contributed by atoms with Crippen LogP contribution in [0.4, 0.5) is 0 Å². The molecule has 84 valence electrons. The molecule has 0 radical (unpaired) electrons. The second-order valence-corrected chi connectivity index (χ2v) is 6.45. The molecular formula is C11H16BrNOS. The van der Waals surface area contributed by atoms with Crippen LogP contribution in [0.3, 0.4) is 0 Å². The van der Waals surface area contributed by atoms with E-state index in [1.54, 1.807) is 7.11 Å². The van der Waals surface area contributed by atoms with Crippen LogP contribution in [0.5, 0.6) is 0 Å². The number of hydrogen-bond acceptors (Lipinski definition) is 3. The predicted molar refractivity (Wildman–Crippen MR) is 67.3 cm³/mol. The second kappa shape index (κ2) is 5.43. The number of rotatable bonds is 6. The highest BCUT2D eigenvalue weighted by Crippen LogP contribution is 2.30. The molecule has 1 aromatic heterocycles. The lowest BCUT2D eigenvalue weighted by atomic mass is 10.4. The van der Waals surface area contributed by atoms with E-state index in [-0.39, 0.29) is 0 Å². The molecule has 0 atom stereocenters. The number of halogens is 1. The molecule has 0 saturated heterocycles. The van der Waals surface area contributed by atoms with E-state index in [9.17, 15) is 0 Å². The third-order valence-electron chi connectivity index (χ3n) is 2.63. The quantitative estimate of drug-likeness (QED) is 0.798. The zero-order valence-electron chi connectivity index (χ0n) is 8.91. The van der Waals surface area contributed by atoms with Crippen molar-refractivity contribution in [2.24, 2.45) is 0 Å². The van der Waals surface area contributed by atoms with Crippen LogP contribution in [-0.4, -0.2) is 31.2 Å². The monoisotopic (exact) mass is 289 g/mol. The van der Waals surface area contributed by atoms with Crippen molar-refractivity contribution in [1.29, 1.82) is 0 Å². The van der Waals surface area contributed by atoms with Gasteiger partial charge in [0.25, 0.3) is 0 Å². The highest BCUT2D eigenvalue weighted by atomic mass is 79.9. The smallest absolute Gasteiger partial charge is 0.0701 e. The molecule has 2 rings (SSSR count). The van der Waals surface area contributed by atoms with Crippen molar-refractivity contribution in [1.82, 2.24) is 4.90 Å². The van der Waals surface area contributed by atoms with Gasteiger partial charge in [-0.2, -0.15) is 0 Å². The minimum atomic E-state index is 0.807. The van der Waals surface area contributed by atoms with Crippen LogP contribution in [0.15, 0.2) is 15.9 Å². The fourth-order valence-electron chi connectivity index (χ4n) is 1.68. The molecule has 0 aromatic carbocycles. The van der Waals surface area contributed by atoms with Gasteiger partial charge in [0.15, 0.2) is 0 Å². The third-order valence-corrected chi connectivity index (χ3v) is 4.24. The Morgan fingerprint density at radius 1 is 1.53 bits per heavy atom. The standard InChI is InChI=1S/C11H16BrNOS/c1-14-7-6-13(9-2-3-9)8-10-4-5-11(12)15-10/h4-5,9H,2-3,6-8H2,1H3. The lowest BCUT2D eigenvalue weighted by Crippen LogP contribution is -2.28. The minimum absolute atomic E-state index is 0.807. The summed E-state index contributed by atoms with van der Waals surface area (Å²) >= 11 is 5.33. The molecule has 2 nitrogen and oxygen atoms in total. The van der Waals surface area contributed by atoms with Crippen molar-refractivity contribution in [3.05, 3.63) is 20.8 Å². The summed E-state index contributed by atoms with van der Waals surface area (Å²) in [5, 5.41) is 0. The van der Waals surface area contributed by atoms with E-state index < -0.39 is 0 Å². The fraction of sp³-hybridized carbons (Fsp3) is 0.636. The van der Waals surface area contributed by atoms with Crippen molar-refractivity contribution < 1.29 is 4.74 Å². The maximum atomic E-state index is 5.15. The summed E-state index contributed by atoms with van der Waals surface area (Å²) < 4.78 is 6.37. The van der Waals surface area contributed by atoms with Gasteiger partial charge >= 0.3 is 0 Å². The molecule has 0 N–H and O–H groups in total. The average Bonchev–Trinajstić information content (AvgIpc) is 2.98. The first kappa shape index (κ1) is 11.6. The Hall–Kier alpha value is 0.1000. The van der Waals surface area contributed by atoms with Crippen molar-refractivity contribution >= 4 is 27.3 Å². The zero-order valence-corrected chi connectivity index (χ0v) is 11.3. The topological polar surface area (TPSA) is 12.5 Å². The van der Waals surface area contributed by atoms with Crippen molar-refractivity contribution in [3.63, 3.8) is 0 Å². The summed E-state index contributed by atoms with van der Waals surface area (Å²) in [6, 6.07) is 5.14. The number of methoxy groups -OCH3 is 1. The van der Waals surface area contributed by atoms with Gasteiger partial charge in [0.05, 0.1) is 10.4 Å². The molecular weight excluding hydrogens is 274 g/mol. The van der Waals surface area contributed by atoms with Crippen LogP contribution in [0, 0.1) is 0 Å². The Morgan fingerprint density at radius 3 is 2.87 bits per heavy atom. The number of hydrogen-bond donors (Lipinski definition) is 0. The second-order valence-electron chi connectivity index (χ2n) is 3.90. The SMILES string of the molecule is COCCN(Cc1ccc(Br)s1)C1CC1. The largest absolute Gasteiger partial charge is 0.383 e. The molecule has 4 heteroatoms. The van der Waals surface area contributed by atoms with E-state index in [0.717, 1.165) is 25.7 Å². The van der Waals surface area contributed by atoms with Gasteiger partial charge in [-0.1, -0.05) is 0 Å². The summed E-state index contributed by atoms with van der Waals surface area (Å²) in [6.45, 7) is 2.96. The summed E-state index contributed by atoms with van der Waals surface area (Å²) in [4.78, 5) is 3.96. The normalized spacial score (nSPS) is 16.2. The molecule has 1 aliphatic carbocycles. The molecule has 0 aliphatic heterocycles. The highest BCUT2D eigenvalue weighted by molar-refractivity contribution is 9.11. The van der Waals surface area contributed by atoms with Crippen LogP contribution in [0.25, 0.3) is 0 Å². The summed E-state index contributed by atoms with van der Waals surface area (Å²) in [7, 11) is 1.77. The lowest BCUT2D eigenvalue weighted by molar-refractivity contribution is 0.140. The van der Waals surface area contributed by atoms with Gasteiger partial charge in [0.1, 0.15) is 0 Å². The Morgan fingerprint density at radius 2 is 2.33 bits per heavy atom. The first-order valence-electron chi connectivity index (χ1n) is 5.27. The molecule has 1 saturated carbocycles. The summed E-state index contributed by atoms with van der Waals surface area (Å²) in [5.74, 6) is 0. The summed E-state index contributed by atoms with van der Waals surface area (Å²) in [6.07, 6.45) is 2.71. The Bertz CT molecular complexity index is 311. The fourth-order valence-corrected chi connectivity index (χ4v) is 3.18. The highest BCUT2D eigenvalue weighted by Gasteiger charge is 2.28. The predicted octanol–water partition coefficient (Wildman–Crippen LogP) is 3.12. The van der Waals surface area contributed by atoms with Gasteiger partial charge in [0, 0.05) is 31.1 Å². The van der Waals surface area contributed by atoms with E-state index >= 15 is 0 Å². The summed E-state index contributed by atoms with van der Waals surface area (Å²) in [5.41, 5.74) is 0. The van der Waals surface area contributed by atoms with Gasteiger partial charge < -0.3 is 4.74 Å². The number of ether oxygens (including phenoxy) is 1. The van der Waals surface area contributed by atoms with Crippen LogP contribution in [0.1, 0.15) is 17.7 Å². The third kappa shape index (κ3) is 3.55. The van der Waals surface area contributed by atoms with Gasteiger partial charge in [-0.25, -0.2) is 0 Å². The van der Waals surface area contributed by atoms with Gasteiger partial charge in [0.2, 0.25) is 0 Å². The Labute approximate surface area is 103 Å². The molecule has 1 aliphatic rings. The molecule has 1 heterocycles. The first-order chi connectivity index (χ1) is 7.29. The zero-order chi connectivity index (χ0) is 10.7.